The number of aromatic amines is 1. The van der Waals surface area contributed by atoms with Crippen molar-refractivity contribution in [2.24, 2.45) is 0 Å². The summed E-state index contributed by atoms with van der Waals surface area (Å²) in [6, 6.07) is 13.1. The van der Waals surface area contributed by atoms with Crippen molar-refractivity contribution < 1.29 is 9.90 Å². The summed E-state index contributed by atoms with van der Waals surface area (Å²) in [7, 11) is 0. The second-order valence-electron chi connectivity index (χ2n) is 9.65. The van der Waals surface area contributed by atoms with E-state index in [1.807, 2.05) is 25.1 Å². The van der Waals surface area contributed by atoms with Gasteiger partial charge in [-0.25, -0.2) is 9.78 Å². The minimum absolute atomic E-state index is 0.111. The molecule has 2 aromatic heterocycles. The third kappa shape index (κ3) is 7.66. The van der Waals surface area contributed by atoms with Crippen LogP contribution in [-0.2, 0) is 6.42 Å². The van der Waals surface area contributed by atoms with Crippen molar-refractivity contribution >= 4 is 29.2 Å². The number of anilines is 2. The predicted octanol–water partition coefficient (Wildman–Crippen LogP) is 4.20. The number of rotatable bonds is 11. The number of pyridine rings is 2. The average Bonchev–Trinajstić information content (AvgIpc) is 2.93. The summed E-state index contributed by atoms with van der Waals surface area (Å²) in [5.74, 6) is -0.531. The highest BCUT2D eigenvalue weighted by Crippen LogP contribution is 2.21. The van der Waals surface area contributed by atoms with E-state index in [0.717, 1.165) is 57.1 Å². The highest BCUT2D eigenvalue weighted by Gasteiger charge is 2.15. The summed E-state index contributed by atoms with van der Waals surface area (Å²) in [4.78, 5) is 35.7. The highest BCUT2D eigenvalue weighted by atomic mass is 16.4. The van der Waals surface area contributed by atoms with Crippen LogP contribution in [0.5, 0.6) is 0 Å². The summed E-state index contributed by atoms with van der Waals surface area (Å²) >= 11 is 0. The van der Waals surface area contributed by atoms with Crippen LogP contribution >= 0.6 is 0 Å². The molecule has 4 N–H and O–H groups in total. The first kappa shape index (κ1) is 27.8. The molecule has 0 spiro atoms. The van der Waals surface area contributed by atoms with Gasteiger partial charge in [0.1, 0.15) is 5.82 Å². The predicted molar refractivity (Wildman–Crippen MR) is 157 cm³/mol. The number of likely N-dealkylation sites (N-methyl/N-ethyl adjacent to an activating group) is 1. The minimum Gasteiger partial charge on any atom is -0.478 e. The number of carboxylic acid groups (broad SMARTS) is 1. The molecule has 3 aromatic rings. The molecule has 3 heterocycles. The molecule has 9 heteroatoms. The van der Waals surface area contributed by atoms with E-state index in [1.54, 1.807) is 18.3 Å². The molecule has 0 amide bonds. The molecule has 39 heavy (non-hydrogen) atoms. The normalized spacial score (nSPS) is 14.7. The fraction of sp³-hybridized carbons (Fsp3) is 0.300. The van der Waals surface area contributed by atoms with Crippen LogP contribution in [0.3, 0.4) is 0 Å². The Morgan fingerprint density at radius 3 is 2.44 bits per heavy atom. The lowest BCUT2D eigenvalue weighted by molar-refractivity contribution is 0.0696. The Hall–Kier alpha value is -4.21. The molecule has 204 valence electrons. The number of piperazine rings is 1. The Bertz CT molecular complexity index is 1370. The van der Waals surface area contributed by atoms with Gasteiger partial charge in [-0.3, -0.25) is 4.79 Å². The van der Waals surface area contributed by atoms with E-state index in [4.69, 9.17) is 5.11 Å². The van der Waals surface area contributed by atoms with Crippen molar-refractivity contribution in [1.29, 1.82) is 0 Å². The van der Waals surface area contributed by atoms with Gasteiger partial charge in [0.2, 0.25) is 0 Å². The maximum Gasteiger partial charge on any atom is 0.337 e. The topological polar surface area (TPSA) is 114 Å². The van der Waals surface area contributed by atoms with Gasteiger partial charge < -0.3 is 30.5 Å². The number of carbonyl (C=O) groups is 1. The third-order valence-corrected chi connectivity index (χ3v) is 6.88. The van der Waals surface area contributed by atoms with Crippen molar-refractivity contribution in [3.05, 3.63) is 99.7 Å². The number of carboxylic acids is 1. The largest absolute Gasteiger partial charge is 0.478 e. The number of aromatic carboxylic acids is 1. The lowest BCUT2D eigenvalue weighted by Gasteiger charge is -2.34. The molecule has 1 aliphatic heterocycles. The molecular weight excluding hydrogens is 492 g/mol. The summed E-state index contributed by atoms with van der Waals surface area (Å²) in [6.07, 6.45) is 5.71. The van der Waals surface area contributed by atoms with Crippen molar-refractivity contribution in [2.75, 3.05) is 49.9 Å². The fourth-order valence-electron chi connectivity index (χ4n) is 4.60. The Morgan fingerprint density at radius 2 is 1.79 bits per heavy atom. The number of allylic oxidation sites excluding steroid dienone is 1. The number of hydrogen-bond acceptors (Lipinski definition) is 7. The summed E-state index contributed by atoms with van der Waals surface area (Å²) < 4.78 is 0. The number of nitrogens with one attached hydrogen (secondary N) is 3. The minimum atomic E-state index is -1.03. The molecule has 0 bridgehead atoms. The van der Waals surface area contributed by atoms with Gasteiger partial charge in [0.25, 0.3) is 5.56 Å². The molecule has 0 radical (unpaired) electrons. The van der Waals surface area contributed by atoms with Crippen LogP contribution in [0, 0.1) is 0 Å². The highest BCUT2D eigenvalue weighted by molar-refractivity contribution is 5.87. The number of nitrogens with zero attached hydrogens (tertiary/aromatic N) is 3. The van der Waals surface area contributed by atoms with Crippen LogP contribution in [0.2, 0.25) is 0 Å². The molecule has 0 atom stereocenters. The molecule has 1 aromatic carbocycles. The second-order valence-corrected chi connectivity index (χ2v) is 9.65. The Morgan fingerprint density at radius 1 is 1.08 bits per heavy atom. The summed E-state index contributed by atoms with van der Waals surface area (Å²) in [5.41, 5.74) is 4.32. The summed E-state index contributed by atoms with van der Waals surface area (Å²) in [5, 5.41) is 15.4. The van der Waals surface area contributed by atoms with Gasteiger partial charge >= 0.3 is 5.97 Å². The molecular formula is C30H36N6O3. The number of aromatic nitrogens is 2. The standard InChI is InChI=1S/C30H36N6O3/c1-4-35-15-17-36(18-16-35)14-12-23-5-8-26(9-6-23)34-22(3)28-24(11-13-31-29(28)37)19-21(2)33-27-10-7-25(20-32-27)30(38)39/h5-11,13,19-20,34H,3-4,12,14-18H2,1-2H3,(H,31,37)(H,32,33)(H,38,39)/b21-19+. The first-order chi connectivity index (χ1) is 18.8. The van der Waals surface area contributed by atoms with Crippen molar-refractivity contribution in [1.82, 2.24) is 19.8 Å². The fourth-order valence-corrected chi connectivity index (χ4v) is 4.60. The SMILES string of the molecule is C=C(Nc1ccc(CCN2CCN(CC)CC2)cc1)c1c(/C=C(\C)Nc2ccc(C(=O)O)cn2)cc[nH]c1=O. The maximum atomic E-state index is 12.8. The smallest absolute Gasteiger partial charge is 0.337 e. The van der Waals surface area contributed by atoms with Crippen molar-refractivity contribution in [2.45, 2.75) is 20.3 Å². The average molecular weight is 529 g/mol. The molecule has 0 saturated carbocycles. The molecule has 1 aliphatic rings. The van der Waals surface area contributed by atoms with Crippen LogP contribution in [0.25, 0.3) is 11.8 Å². The van der Waals surface area contributed by atoms with Gasteiger partial charge in [0.05, 0.1) is 11.1 Å². The van der Waals surface area contributed by atoms with E-state index in [-0.39, 0.29) is 11.1 Å². The molecule has 1 fully saturated rings. The van der Waals surface area contributed by atoms with Crippen molar-refractivity contribution in [3.63, 3.8) is 0 Å². The molecule has 4 rings (SSSR count). The van der Waals surface area contributed by atoms with Crippen LogP contribution in [0.4, 0.5) is 11.5 Å². The van der Waals surface area contributed by atoms with E-state index < -0.39 is 5.97 Å². The van der Waals surface area contributed by atoms with Crippen LogP contribution in [0.15, 0.2) is 71.9 Å². The number of H-pyrrole nitrogens is 1. The number of benzene rings is 1. The Labute approximate surface area is 228 Å². The van der Waals surface area contributed by atoms with E-state index in [9.17, 15) is 9.59 Å². The van der Waals surface area contributed by atoms with E-state index >= 15 is 0 Å². The lowest BCUT2D eigenvalue weighted by Crippen LogP contribution is -2.46. The van der Waals surface area contributed by atoms with E-state index in [0.29, 0.717) is 22.6 Å². The first-order valence-electron chi connectivity index (χ1n) is 13.2. The first-order valence-corrected chi connectivity index (χ1v) is 13.2. The van der Waals surface area contributed by atoms with Gasteiger partial charge in [0.15, 0.2) is 0 Å². The van der Waals surface area contributed by atoms with Crippen LogP contribution in [-0.4, -0.2) is 70.1 Å². The molecule has 0 unspecified atom stereocenters. The maximum absolute atomic E-state index is 12.8. The second kappa shape index (κ2) is 13.0. The zero-order valence-corrected chi connectivity index (χ0v) is 22.5. The van der Waals surface area contributed by atoms with Crippen LogP contribution < -0.4 is 16.2 Å². The van der Waals surface area contributed by atoms with E-state index in [1.165, 1.54) is 17.8 Å². The molecule has 1 saturated heterocycles. The number of hydrogen-bond donors (Lipinski definition) is 4. The van der Waals surface area contributed by atoms with Gasteiger partial charge in [-0.1, -0.05) is 25.6 Å². The lowest BCUT2D eigenvalue weighted by atomic mass is 10.1. The molecule has 0 aliphatic carbocycles. The van der Waals surface area contributed by atoms with Gasteiger partial charge in [-0.2, -0.15) is 0 Å². The Balaban J connectivity index is 1.38. The van der Waals surface area contributed by atoms with Gasteiger partial charge in [0, 0.05) is 62.2 Å². The quantitative estimate of drug-likeness (QED) is 0.293. The monoisotopic (exact) mass is 528 g/mol. The van der Waals surface area contributed by atoms with Crippen LogP contribution in [0.1, 0.15) is 40.9 Å². The third-order valence-electron chi connectivity index (χ3n) is 6.88. The van der Waals surface area contributed by atoms with E-state index in [2.05, 4.69) is 56.0 Å². The van der Waals surface area contributed by atoms with Gasteiger partial charge in [-0.15, -0.1) is 0 Å². The van der Waals surface area contributed by atoms with Crippen molar-refractivity contribution in [3.8, 4) is 0 Å². The molecule has 9 nitrogen and oxygen atoms in total. The Kier molecular flexibility index (Phi) is 9.30. The zero-order chi connectivity index (χ0) is 27.8. The summed E-state index contributed by atoms with van der Waals surface area (Å²) in [6.45, 7) is 14.9. The zero-order valence-electron chi connectivity index (χ0n) is 22.5. The van der Waals surface area contributed by atoms with Gasteiger partial charge in [-0.05, 0) is 67.4 Å².